The van der Waals surface area contributed by atoms with Crippen LogP contribution in [-0.4, -0.2) is 10.9 Å². The van der Waals surface area contributed by atoms with Gasteiger partial charge in [0.15, 0.2) is 0 Å². The van der Waals surface area contributed by atoms with Crippen LogP contribution in [0.3, 0.4) is 0 Å². The number of amides is 1. The second-order valence-electron chi connectivity index (χ2n) is 5.09. The normalized spacial score (nSPS) is 11.9. The van der Waals surface area contributed by atoms with Crippen molar-refractivity contribution >= 4 is 28.8 Å². The molecule has 0 saturated heterocycles. The summed E-state index contributed by atoms with van der Waals surface area (Å²) in [5, 5.41) is 5.73. The second-order valence-corrected chi connectivity index (χ2v) is 6.56. The summed E-state index contributed by atoms with van der Waals surface area (Å²) < 4.78 is 0. The molecule has 0 aliphatic rings. The van der Waals surface area contributed by atoms with Gasteiger partial charge in [-0.05, 0) is 40.8 Å². The number of carbonyl (C=O) groups excluding carboxylic acids is 1. The average molecular weight is 343 g/mol. The van der Waals surface area contributed by atoms with Gasteiger partial charge in [0.25, 0.3) is 0 Å². The fraction of sp³-hybridized carbons (Fsp3) is 0.111. The Bertz CT molecular complexity index is 757. The minimum Gasteiger partial charge on any atom is -0.345 e. The largest absolute Gasteiger partial charge is 0.345 e. The molecule has 23 heavy (non-hydrogen) atoms. The number of halogens is 1. The lowest BCUT2D eigenvalue weighted by molar-refractivity contribution is -0.120. The number of rotatable bonds is 5. The lowest BCUT2D eigenvalue weighted by Crippen LogP contribution is -2.30. The quantitative estimate of drug-likeness (QED) is 0.753. The Hall–Kier alpha value is -2.17. The SMILES string of the molecule is O=C(Cc1cccs1)N[C@H](c1ccc(Cl)cc1)c1cccnc1. The topological polar surface area (TPSA) is 42.0 Å². The molecule has 0 aliphatic heterocycles. The Kier molecular flexibility index (Phi) is 5.05. The maximum Gasteiger partial charge on any atom is 0.226 e. The summed E-state index contributed by atoms with van der Waals surface area (Å²) in [6, 6.07) is 15.0. The number of thiophene rings is 1. The van der Waals surface area contributed by atoms with E-state index in [0.717, 1.165) is 16.0 Å². The maximum absolute atomic E-state index is 12.4. The van der Waals surface area contributed by atoms with Crippen molar-refractivity contribution in [1.29, 1.82) is 0 Å². The van der Waals surface area contributed by atoms with Gasteiger partial charge in [0.2, 0.25) is 5.91 Å². The van der Waals surface area contributed by atoms with E-state index in [1.807, 2.05) is 53.9 Å². The zero-order valence-electron chi connectivity index (χ0n) is 12.3. The predicted octanol–water partition coefficient (Wildman–Crippen LogP) is 4.24. The number of nitrogens with zero attached hydrogens (tertiary/aromatic N) is 1. The first-order valence-electron chi connectivity index (χ1n) is 7.19. The molecule has 116 valence electrons. The Morgan fingerprint density at radius 1 is 1.13 bits per heavy atom. The molecule has 2 aromatic heterocycles. The van der Waals surface area contributed by atoms with E-state index in [4.69, 9.17) is 11.6 Å². The van der Waals surface area contributed by atoms with Gasteiger partial charge >= 0.3 is 0 Å². The Balaban J connectivity index is 1.83. The molecule has 0 aliphatic carbocycles. The van der Waals surface area contributed by atoms with Crippen LogP contribution in [0.1, 0.15) is 22.0 Å². The molecule has 3 nitrogen and oxygen atoms in total. The number of aromatic nitrogens is 1. The van der Waals surface area contributed by atoms with E-state index in [-0.39, 0.29) is 11.9 Å². The molecular weight excluding hydrogens is 328 g/mol. The molecule has 1 amide bonds. The van der Waals surface area contributed by atoms with Gasteiger partial charge in [-0.25, -0.2) is 0 Å². The van der Waals surface area contributed by atoms with Crippen molar-refractivity contribution in [2.24, 2.45) is 0 Å². The van der Waals surface area contributed by atoms with Gasteiger partial charge in [0.1, 0.15) is 0 Å². The lowest BCUT2D eigenvalue weighted by Gasteiger charge is -2.19. The summed E-state index contributed by atoms with van der Waals surface area (Å²) in [5.74, 6) is -0.0174. The van der Waals surface area contributed by atoms with Crippen LogP contribution >= 0.6 is 22.9 Å². The number of benzene rings is 1. The Morgan fingerprint density at radius 2 is 1.96 bits per heavy atom. The van der Waals surface area contributed by atoms with Crippen molar-refractivity contribution < 1.29 is 4.79 Å². The highest BCUT2D eigenvalue weighted by molar-refractivity contribution is 7.10. The lowest BCUT2D eigenvalue weighted by atomic mass is 10.00. The predicted molar refractivity (Wildman–Crippen MR) is 93.7 cm³/mol. The van der Waals surface area contributed by atoms with Crippen LogP contribution in [0.5, 0.6) is 0 Å². The highest BCUT2D eigenvalue weighted by Crippen LogP contribution is 2.23. The Morgan fingerprint density at radius 3 is 2.61 bits per heavy atom. The minimum absolute atomic E-state index is 0.0174. The van der Waals surface area contributed by atoms with E-state index < -0.39 is 0 Å². The van der Waals surface area contributed by atoms with Gasteiger partial charge in [-0.2, -0.15) is 0 Å². The monoisotopic (exact) mass is 342 g/mol. The van der Waals surface area contributed by atoms with Gasteiger partial charge in [0, 0.05) is 22.3 Å². The molecule has 0 radical (unpaired) electrons. The molecule has 0 saturated carbocycles. The zero-order valence-corrected chi connectivity index (χ0v) is 13.8. The molecule has 1 N–H and O–H groups in total. The molecule has 0 unspecified atom stereocenters. The highest BCUT2D eigenvalue weighted by Gasteiger charge is 2.17. The van der Waals surface area contributed by atoms with Crippen LogP contribution in [-0.2, 0) is 11.2 Å². The standard InChI is InChI=1S/C18H15ClN2OS/c19-15-7-5-13(6-8-15)18(14-3-1-9-20-12-14)21-17(22)11-16-4-2-10-23-16/h1-10,12,18H,11H2,(H,21,22)/t18-/m1/s1. The summed E-state index contributed by atoms with van der Waals surface area (Å²) in [6.45, 7) is 0. The first-order chi connectivity index (χ1) is 11.2. The van der Waals surface area contributed by atoms with Gasteiger partial charge in [0.05, 0.1) is 12.5 Å². The molecule has 5 heteroatoms. The zero-order chi connectivity index (χ0) is 16.1. The van der Waals surface area contributed by atoms with Crippen LogP contribution in [0.4, 0.5) is 0 Å². The first-order valence-corrected chi connectivity index (χ1v) is 8.45. The average Bonchev–Trinajstić information content (AvgIpc) is 3.07. The maximum atomic E-state index is 12.4. The Labute approximate surface area is 144 Å². The number of pyridine rings is 1. The molecular formula is C18H15ClN2OS. The number of hydrogen-bond donors (Lipinski definition) is 1. The summed E-state index contributed by atoms with van der Waals surface area (Å²) >= 11 is 7.55. The van der Waals surface area contributed by atoms with Crippen molar-refractivity contribution in [3.63, 3.8) is 0 Å². The smallest absolute Gasteiger partial charge is 0.226 e. The molecule has 3 rings (SSSR count). The van der Waals surface area contributed by atoms with E-state index in [0.29, 0.717) is 11.4 Å². The van der Waals surface area contributed by atoms with Crippen molar-refractivity contribution in [3.8, 4) is 0 Å². The molecule has 3 aromatic rings. The molecule has 0 bridgehead atoms. The molecule has 1 atom stereocenters. The third kappa shape index (κ3) is 4.18. The van der Waals surface area contributed by atoms with Crippen LogP contribution < -0.4 is 5.32 Å². The summed E-state index contributed by atoms with van der Waals surface area (Å²) in [6.07, 6.45) is 3.86. The first kappa shape index (κ1) is 15.7. The van der Waals surface area contributed by atoms with Crippen molar-refractivity contribution in [1.82, 2.24) is 10.3 Å². The fourth-order valence-electron chi connectivity index (χ4n) is 2.34. The fourth-order valence-corrected chi connectivity index (χ4v) is 3.17. The van der Waals surface area contributed by atoms with Gasteiger partial charge < -0.3 is 5.32 Å². The number of nitrogens with one attached hydrogen (secondary N) is 1. The number of carbonyl (C=O) groups is 1. The summed E-state index contributed by atoms with van der Waals surface area (Å²) in [4.78, 5) is 17.6. The molecule has 1 aromatic carbocycles. The number of hydrogen-bond acceptors (Lipinski definition) is 3. The molecule has 0 fully saturated rings. The van der Waals surface area contributed by atoms with Gasteiger partial charge in [-0.15, -0.1) is 11.3 Å². The minimum atomic E-state index is -0.242. The van der Waals surface area contributed by atoms with E-state index in [9.17, 15) is 4.79 Å². The van der Waals surface area contributed by atoms with E-state index in [1.165, 1.54) is 0 Å². The van der Waals surface area contributed by atoms with Crippen molar-refractivity contribution in [2.75, 3.05) is 0 Å². The third-order valence-electron chi connectivity index (χ3n) is 3.44. The molecule has 2 heterocycles. The summed E-state index contributed by atoms with van der Waals surface area (Å²) in [5.41, 5.74) is 1.91. The van der Waals surface area contributed by atoms with Crippen molar-refractivity contribution in [3.05, 3.63) is 87.3 Å². The van der Waals surface area contributed by atoms with E-state index in [1.54, 1.807) is 23.7 Å². The van der Waals surface area contributed by atoms with Crippen LogP contribution in [0.25, 0.3) is 0 Å². The van der Waals surface area contributed by atoms with Crippen LogP contribution in [0, 0.1) is 0 Å². The van der Waals surface area contributed by atoms with Gasteiger partial charge in [-0.3, -0.25) is 9.78 Å². The summed E-state index contributed by atoms with van der Waals surface area (Å²) in [7, 11) is 0. The highest BCUT2D eigenvalue weighted by atomic mass is 35.5. The van der Waals surface area contributed by atoms with E-state index in [2.05, 4.69) is 10.3 Å². The second kappa shape index (κ2) is 7.40. The third-order valence-corrected chi connectivity index (χ3v) is 4.57. The molecule has 0 spiro atoms. The van der Waals surface area contributed by atoms with Crippen molar-refractivity contribution in [2.45, 2.75) is 12.5 Å². The van der Waals surface area contributed by atoms with Crippen LogP contribution in [0.2, 0.25) is 5.02 Å². The van der Waals surface area contributed by atoms with E-state index >= 15 is 0 Å². The van der Waals surface area contributed by atoms with Crippen LogP contribution in [0.15, 0.2) is 66.3 Å². The van der Waals surface area contributed by atoms with Gasteiger partial charge in [-0.1, -0.05) is 35.9 Å².